The van der Waals surface area contributed by atoms with E-state index in [1.165, 1.54) is 24.4 Å². The zero-order chi connectivity index (χ0) is 14.3. The predicted molar refractivity (Wildman–Crippen MR) is 80.1 cm³/mol. The van der Waals surface area contributed by atoms with Crippen molar-refractivity contribution in [2.75, 3.05) is 11.4 Å². The SMILES string of the molecule is CC(C)(C)c1nsc(N2CC(=O)NC3CCCCC32)n1. The van der Waals surface area contributed by atoms with Crippen molar-refractivity contribution < 1.29 is 4.79 Å². The number of anilines is 1. The van der Waals surface area contributed by atoms with Gasteiger partial charge in [-0.2, -0.15) is 4.37 Å². The summed E-state index contributed by atoms with van der Waals surface area (Å²) in [5.41, 5.74) is -0.0429. The van der Waals surface area contributed by atoms with Gasteiger partial charge in [0.05, 0.1) is 12.6 Å². The molecule has 6 heteroatoms. The van der Waals surface area contributed by atoms with E-state index in [9.17, 15) is 4.79 Å². The zero-order valence-electron chi connectivity index (χ0n) is 12.3. The Kier molecular flexibility index (Phi) is 3.44. The number of fused-ring (bicyclic) bond motifs is 1. The van der Waals surface area contributed by atoms with Crippen LogP contribution >= 0.6 is 11.5 Å². The second-order valence-corrected chi connectivity index (χ2v) is 7.53. The number of carbonyl (C=O) groups is 1. The molecule has 2 atom stereocenters. The van der Waals surface area contributed by atoms with E-state index in [2.05, 4.69) is 40.3 Å². The molecule has 2 heterocycles. The lowest BCUT2D eigenvalue weighted by Gasteiger charge is -2.43. The molecule has 2 aliphatic rings. The largest absolute Gasteiger partial charge is 0.350 e. The lowest BCUT2D eigenvalue weighted by atomic mass is 9.88. The third-order valence-electron chi connectivity index (χ3n) is 4.12. The summed E-state index contributed by atoms with van der Waals surface area (Å²) >= 11 is 1.43. The number of aromatic nitrogens is 2. The van der Waals surface area contributed by atoms with Crippen LogP contribution in [0.1, 0.15) is 52.3 Å². The first-order chi connectivity index (χ1) is 9.45. The molecule has 5 nitrogen and oxygen atoms in total. The van der Waals surface area contributed by atoms with Crippen LogP contribution in [0.2, 0.25) is 0 Å². The number of rotatable bonds is 1. The molecule has 0 radical (unpaired) electrons. The van der Waals surface area contributed by atoms with E-state index < -0.39 is 0 Å². The van der Waals surface area contributed by atoms with E-state index in [-0.39, 0.29) is 17.4 Å². The molecular formula is C14H22N4OS. The molecule has 20 heavy (non-hydrogen) atoms. The van der Waals surface area contributed by atoms with Crippen LogP contribution in [-0.4, -0.2) is 33.9 Å². The Bertz CT molecular complexity index is 508. The smallest absolute Gasteiger partial charge is 0.239 e. The average molecular weight is 294 g/mol. The molecule has 2 fully saturated rings. The van der Waals surface area contributed by atoms with Gasteiger partial charge in [0.15, 0.2) is 0 Å². The lowest BCUT2D eigenvalue weighted by Crippen LogP contribution is -2.61. The summed E-state index contributed by atoms with van der Waals surface area (Å²) in [6.45, 7) is 6.77. The zero-order valence-corrected chi connectivity index (χ0v) is 13.2. The maximum absolute atomic E-state index is 11.9. The maximum atomic E-state index is 11.9. The Balaban J connectivity index is 1.87. The molecule has 1 amide bonds. The van der Waals surface area contributed by atoms with Gasteiger partial charge in [0.25, 0.3) is 0 Å². The van der Waals surface area contributed by atoms with E-state index >= 15 is 0 Å². The topological polar surface area (TPSA) is 58.1 Å². The second-order valence-electron chi connectivity index (χ2n) is 6.80. The van der Waals surface area contributed by atoms with E-state index in [1.54, 1.807) is 0 Å². The van der Waals surface area contributed by atoms with E-state index in [1.807, 2.05) is 0 Å². The van der Waals surface area contributed by atoms with Gasteiger partial charge in [-0.15, -0.1) is 0 Å². The second kappa shape index (κ2) is 4.98. The molecule has 0 spiro atoms. The van der Waals surface area contributed by atoms with Crippen LogP contribution in [0.5, 0.6) is 0 Å². The highest BCUT2D eigenvalue weighted by molar-refractivity contribution is 7.09. The van der Waals surface area contributed by atoms with Gasteiger partial charge in [0, 0.05) is 23.0 Å². The van der Waals surface area contributed by atoms with Gasteiger partial charge in [-0.1, -0.05) is 33.6 Å². The Morgan fingerprint density at radius 2 is 2.05 bits per heavy atom. The van der Waals surface area contributed by atoms with Crippen LogP contribution in [0.3, 0.4) is 0 Å². The molecule has 1 aliphatic heterocycles. The normalized spacial score (nSPS) is 27.1. The number of nitrogens with zero attached hydrogens (tertiary/aromatic N) is 3. The van der Waals surface area contributed by atoms with Crippen molar-refractivity contribution in [3.8, 4) is 0 Å². The number of amides is 1. The van der Waals surface area contributed by atoms with Crippen LogP contribution < -0.4 is 10.2 Å². The molecule has 110 valence electrons. The van der Waals surface area contributed by atoms with Crippen molar-refractivity contribution in [2.24, 2.45) is 0 Å². The molecule has 1 saturated heterocycles. The Morgan fingerprint density at radius 3 is 2.75 bits per heavy atom. The van der Waals surface area contributed by atoms with Crippen LogP contribution in [-0.2, 0) is 10.2 Å². The number of hydrogen-bond acceptors (Lipinski definition) is 5. The number of nitrogens with one attached hydrogen (secondary N) is 1. The number of carbonyl (C=O) groups excluding carboxylic acids is 1. The van der Waals surface area contributed by atoms with Crippen LogP contribution in [0.15, 0.2) is 0 Å². The van der Waals surface area contributed by atoms with Crippen molar-refractivity contribution in [1.82, 2.24) is 14.7 Å². The lowest BCUT2D eigenvalue weighted by molar-refractivity contribution is -0.122. The minimum absolute atomic E-state index is 0.0429. The van der Waals surface area contributed by atoms with Crippen LogP contribution in [0.4, 0.5) is 5.13 Å². The molecule has 1 saturated carbocycles. The average Bonchev–Trinajstić information content (AvgIpc) is 2.87. The highest BCUT2D eigenvalue weighted by Crippen LogP contribution is 2.32. The van der Waals surface area contributed by atoms with Gasteiger partial charge in [0.2, 0.25) is 11.0 Å². The first-order valence-corrected chi connectivity index (χ1v) is 8.13. The molecule has 2 unspecified atom stereocenters. The molecular weight excluding hydrogens is 272 g/mol. The van der Waals surface area contributed by atoms with Gasteiger partial charge in [-0.25, -0.2) is 4.98 Å². The third kappa shape index (κ3) is 2.53. The fourth-order valence-electron chi connectivity index (χ4n) is 3.02. The summed E-state index contributed by atoms with van der Waals surface area (Å²) in [7, 11) is 0. The Labute approximate surface area is 123 Å². The minimum atomic E-state index is -0.0429. The highest BCUT2D eigenvalue weighted by atomic mass is 32.1. The van der Waals surface area contributed by atoms with E-state index in [0.29, 0.717) is 12.6 Å². The summed E-state index contributed by atoms with van der Waals surface area (Å²) in [6.07, 6.45) is 4.66. The van der Waals surface area contributed by atoms with Gasteiger partial charge < -0.3 is 10.2 Å². The Morgan fingerprint density at radius 1 is 1.30 bits per heavy atom. The number of hydrogen-bond donors (Lipinski definition) is 1. The van der Waals surface area contributed by atoms with Crippen LogP contribution in [0.25, 0.3) is 0 Å². The van der Waals surface area contributed by atoms with Crippen molar-refractivity contribution in [3.05, 3.63) is 5.82 Å². The van der Waals surface area contributed by atoms with Crippen molar-refractivity contribution in [2.45, 2.75) is 64.0 Å². The summed E-state index contributed by atoms with van der Waals surface area (Å²) in [5.74, 6) is 0.983. The van der Waals surface area contributed by atoms with E-state index in [4.69, 9.17) is 0 Å². The summed E-state index contributed by atoms with van der Waals surface area (Å²) in [4.78, 5) is 18.8. The molecule has 1 aliphatic carbocycles. The Hall–Kier alpha value is -1.17. The minimum Gasteiger partial charge on any atom is -0.350 e. The summed E-state index contributed by atoms with van der Waals surface area (Å²) in [6, 6.07) is 0.675. The molecule has 0 bridgehead atoms. The van der Waals surface area contributed by atoms with Gasteiger partial charge in [-0.05, 0) is 12.8 Å². The van der Waals surface area contributed by atoms with E-state index in [0.717, 1.165) is 23.8 Å². The monoisotopic (exact) mass is 294 g/mol. The van der Waals surface area contributed by atoms with Crippen LogP contribution in [0, 0.1) is 0 Å². The van der Waals surface area contributed by atoms with Crippen molar-refractivity contribution >= 4 is 22.6 Å². The summed E-state index contributed by atoms with van der Waals surface area (Å²) in [5, 5.41) is 4.04. The molecule has 1 aromatic rings. The van der Waals surface area contributed by atoms with Gasteiger partial charge >= 0.3 is 0 Å². The van der Waals surface area contributed by atoms with Gasteiger partial charge in [-0.3, -0.25) is 4.79 Å². The quantitative estimate of drug-likeness (QED) is 0.861. The first kappa shape index (κ1) is 13.8. The number of piperazine rings is 1. The maximum Gasteiger partial charge on any atom is 0.239 e. The van der Waals surface area contributed by atoms with Crippen molar-refractivity contribution in [3.63, 3.8) is 0 Å². The molecule has 0 aromatic carbocycles. The fraction of sp³-hybridized carbons (Fsp3) is 0.786. The first-order valence-electron chi connectivity index (χ1n) is 7.35. The van der Waals surface area contributed by atoms with Crippen molar-refractivity contribution in [1.29, 1.82) is 0 Å². The van der Waals surface area contributed by atoms with Gasteiger partial charge in [0.1, 0.15) is 5.82 Å². The molecule has 1 aromatic heterocycles. The third-order valence-corrected chi connectivity index (χ3v) is 4.88. The molecule has 3 rings (SSSR count). The molecule has 1 N–H and O–H groups in total. The highest BCUT2D eigenvalue weighted by Gasteiger charge is 2.38. The summed E-state index contributed by atoms with van der Waals surface area (Å²) < 4.78 is 4.48. The fourth-order valence-corrected chi connectivity index (χ4v) is 3.94. The predicted octanol–water partition coefficient (Wildman–Crippen LogP) is 2.08. The standard InChI is InChI=1S/C14H22N4OS/c1-14(2,3)12-16-13(20-17-12)18-8-11(19)15-9-6-4-5-7-10(9)18/h9-10H,4-8H2,1-3H3,(H,15,19).